The molecule has 0 aromatic heterocycles. The minimum Gasteiger partial charge on any atom is -0.480 e. The van der Waals surface area contributed by atoms with Crippen LogP contribution in [0.1, 0.15) is 194 Å². The first kappa shape index (κ1) is 53.7. The van der Waals surface area contributed by atoms with Crippen LogP contribution in [-0.4, -0.2) is 59.9 Å². The van der Waals surface area contributed by atoms with Crippen molar-refractivity contribution in [1.82, 2.24) is 0 Å². The fraction of sp³-hybridized carbons (Fsp3) is 0.795. The predicted octanol–water partition coefficient (Wildman–Crippen LogP) is 11.6. The van der Waals surface area contributed by atoms with E-state index in [2.05, 4.69) is 42.7 Å². The van der Waals surface area contributed by atoms with Gasteiger partial charge in [-0.1, -0.05) is 179 Å². The van der Waals surface area contributed by atoms with Crippen LogP contribution in [0.4, 0.5) is 0 Å². The maximum absolute atomic E-state index is 12.6. The lowest BCUT2D eigenvalue weighted by Gasteiger charge is -2.20. The van der Waals surface area contributed by atoms with Gasteiger partial charge in [-0.25, -0.2) is 4.57 Å². The number of carbonyl (C=O) groups excluding carboxylic acids is 2. The van der Waals surface area contributed by atoms with Crippen molar-refractivity contribution in [2.45, 2.75) is 206 Å². The van der Waals surface area contributed by atoms with Gasteiger partial charge in [-0.2, -0.15) is 0 Å². The van der Waals surface area contributed by atoms with E-state index in [0.29, 0.717) is 12.8 Å². The van der Waals surface area contributed by atoms with Crippen molar-refractivity contribution in [2.24, 2.45) is 5.73 Å². The topological polar surface area (TPSA) is 172 Å². The molecule has 0 rings (SSSR count). The SMILES string of the molecule is CCCCCCCCC/C=C\C/C=C\C/C=C\CCC(=O)OC(COC(=O)CCCCCCCCCCCCCCCCC)COP(=O)(O)OCC(N)C(=O)O. The summed E-state index contributed by atoms with van der Waals surface area (Å²) < 4.78 is 32.6. The summed E-state index contributed by atoms with van der Waals surface area (Å²) in [6, 6.07) is -1.53. The second kappa shape index (κ2) is 39.5. The molecule has 11 nitrogen and oxygen atoms in total. The molecule has 4 N–H and O–H groups in total. The highest BCUT2D eigenvalue weighted by Gasteiger charge is 2.28. The normalized spacial score (nSPS) is 14.1. The fourth-order valence-corrected chi connectivity index (χ4v) is 6.70. The van der Waals surface area contributed by atoms with Crippen LogP contribution in [0.3, 0.4) is 0 Å². The molecule has 3 unspecified atom stereocenters. The molecule has 0 heterocycles. The number of hydrogen-bond donors (Lipinski definition) is 3. The lowest BCUT2D eigenvalue weighted by atomic mass is 10.0. The van der Waals surface area contributed by atoms with Crippen molar-refractivity contribution in [1.29, 1.82) is 0 Å². The van der Waals surface area contributed by atoms with E-state index >= 15 is 0 Å². The molecule has 0 aromatic rings. The van der Waals surface area contributed by atoms with Gasteiger partial charge in [0, 0.05) is 12.8 Å². The number of ether oxygens (including phenoxy) is 2. The largest absolute Gasteiger partial charge is 0.480 e. The number of carbonyl (C=O) groups is 3. The van der Waals surface area contributed by atoms with Crippen LogP contribution in [0, 0.1) is 0 Å². The highest BCUT2D eigenvalue weighted by molar-refractivity contribution is 7.47. The Balaban J connectivity index is 4.45. The van der Waals surface area contributed by atoms with E-state index < -0.39 is 51.1 Å². The second-order valence-electron chi connectivity index (χ2n) is 14.8. The van der Waals surface area contributed by atoms with Crippen molar-refractivity contribution in [2.75, 3.05) is 19.8 Å². The van der Waals surface area contributed by atoms with Crippen LogP contribution in [0.25, 0.3) is 0 Å². The number of allylic oxidation sites excluding steroid dienone is 6. The summed E-state index contributed by atoms with van der Waals surface area (Å²) in [5.74, 6) is -2.47. The molecule has 0 aliphatic rings. The van der Waals surface area contributed by atoms with Gasteiger partial charge in [0.15, 0.2) is 6.10 Å². The van der Waals surface area contributed by atoms with Crippen LogP contribution in [0.15, 0.2) is 36.5 Å². The third-order valence-corrected chi connectivity index (χ3v) is 10.4. The van der Waals surface area contributed by atoms with E-state index in [0.717, 1.165) is 38.5 Å². The zero-order valence-corrected chi connectivity index (χ0v) is 36.1. The number of esters is 2. The number of hydrogen-bond acceptors (Lipinski definition) is 9. The van der Waals surface area contributed by atoms with Gasteiger partial charge < -0.3 is 25.2 Å². The number of rotatable bonds is 41. The molecule has 0 fully saturated rings. The van der Waals surface area contributed by atoms with Crippen LogP contribution >= 0.6 is 7.82 Å². The van der Waals surface area contributed by atoms with Gasteiger partial charge in [0.05, 0.1) is 13.2 Å². The number of carboxylic acid groups (broad SMARTS) is 1. The lowest BCUT2D eigenvalue weighted by molar-refractivity contribution is -0.161. The summed E-state index contributed by atoms with van der Waals surface area (Å²) in [5.41, 5.74) is 5.33. The monoisotopic (exact) mass is 814 g/mol. The highest BCUT2D eigenvalue weighted by Crippen LogP contribution is 2.43. The number of carboxylic acids is 1. The van der Waals surface area contributed by atoms with Gasteiger partial charge in [0.1, 0.15) is 12.6 Å². The Kier molecular flexibility index (Phi) is 37.9. The van der Waals surface area contributed by atoms with Gasteiger partial charge >= 0.3 is 25.7 Å². The van der Waals surface area contributed by atoms with E-state index in [1.54, 1.807) is 0 Å². The Labute approximate surface area is 340 Å². The minimum atomic E-state index is -4.73. The van der Waals surface area contributed by atoms with Crippen molar-refractivity contribution >= 4 is 25.7 Å². The van der Waals surface area contributed by atoms with E-state index in [9.17, 15) is 23.8 Å². The van der Waals surface area contributed by atoms with E-state index in [4.69, 9.17) is 24.8 Å². The van der Waals surface area contributed by atoms with E-state index in [1.807, 2.05) is 12.2 Å². The molecule has 0 saturated heterocycles. The molecule has 0 radical (unpaired) electrons. The number of phosphoric acid groups is 1. The molecular weight excluding hydrogens is 733 g/mol. The quantitative estimate of drug-likeness (QED) is 0.0232. The molecule has 0 amide bonds. The van der Waals surface area contributed by atoms with Crippen LogP contribution < -0.4 is 5.73 Å². The lowest BCUT2D eigenvalue weighted by Crippen LogP contribution is -2.34. The average molecular weight is 814 g/mol. The Morgan fingerprint density at radius 2 is 0.982 bits per heavy atom. The molecule has 3 atom stereocenters. The molecule has 12 heteroatoms. The molecule has 56 heavy (non-hydrogen) atoms. The first-order valence-electron chi connectivity index (χ1n) is 22.0. The van der Waals surface area contributed by atoms with E-state index in [-0.39, 0.29) is 19.4 Å². The molecule has 0 aliphatic carbocycles. The number of nitrogens with two attached hydrogens (primary N) is 1. The Hall–Kier alpha value is -2.30. The van der Waals surface area contributed by atoms with E-state index in [1.165, 1.54) is 116 Å². The zero-order chi connectivity index (χ0) is 41.4. The minimum absolute atomic E-state index is 0.0475. The van der Waals surface area contributed by atoms with Crippen LogP contribution in [0.2, 0.25) is 0 Å². The van der Waals surface area contributed by atoms with Gasteiger partial charge in [-0.05, 0) is 38.5 Å². The summed E-state index contributed by atoms with van der Waals surface area (Å²) >= 11 is 0. The van der Waals surface area contributed by atoms with Crippen LogP contribution in [0.5, 0.6) is 0 Å². The zero-order valence-electron chi connectivity index (χ0n) is 35.2. The summed E-state index contributed by atoms with van der Waals surface area (Å²) in [6.07, 6.45) is 42.2. The summed E-state index contributed by atoms with van der Waals surface area (Å²) in [7, 11) is -4.73. The molecule has 0 saturated carbocycles. The summed E-state index contributed by atoms with van der Waals surface area (Å²) in [4.78, 5) is 45.9. The Morgan fingerprint density at radius 1 is 0.554 bits per heavy atom. The average Bonchev–Trinajstić information content (AvgIpc) is 3.17. The molecule has 0 aliphatic heterocycles. The third kappa shape index (κ3) is 38.6. The highest BCUT2D eigenvalue weighted by atomic mass is 31.2. The Bertz CT molecular complexity index is 1100. The van der Waals surface area contributed by atoms with Crippen molar-refractivity contribution < 1.29 is 47.5 Å². The third-order valence-electron chi connectivity index (χ3n) is 9.40. The van der Waals surface area contributed by atoms with Crippen molar-refractivity contribution in [3.05, 3.63) is 36.5 Å². The van der Waals surface area contributed by atoms with Gasteiger partial charge in [-0.15, -0.1) is 0 Å². The maximum Gasteiger partial charge on any atom is 0.472 e. The number of phosphoric ester groups is 1. The van der Waals surface area contributed by atoms with Gasteiger partial charge in [0.25, 0.3) is 0 Å². The number of aliphatic carboxylic acids is 1. The van der Waals surface area contributed by atoms with Gasteiger partial charge in [-0.3, -0.25) is 23.4 Å². The Morgan fingerprint density at radius 3 is 1.48 bits per heavy atom. The van der Waals surface area contributed by atoms with Gasteiger partial charge in [0.2, 0.25) is 0 Å². The molecule has 0 bridgehead atoms. The van der Waals surface area contributed by atoms with Crippen molar-refractivity contribution in [3.8, 4) is 0 Å². The maximum atomic E-state index is 12.6. The molecule has 326 valence electrons. The molecular formula is C44H80NO10P. The fourth-order valence-electron chi connectivity index (χ4n) is 5.92. The van der Waals surface area contributed by atoms with Crippen LogP contribution in [-0.2, 0) is 37.5 Å². The summed E-state index contributed by atoms with van der Waals surface area (Å²) in [6.45, 7) is 2.74. The first-order valence-corrected chi connectivity index (χ1v) is 23.5. The standard InChI is InChI=1S/C44H80NO10P/c1-3-5-7-9-11-13-15-17-19-20-22-24-26-28-30-32-34-36-43(47)55-40(38-53-56(50,51)54-39-41(45)44(48)49)37-52-42(46)35-33-31-29-27-25-23-21-18-16-14-12-10-8-6-4-2/h19-20,24,26,30,32,40-41H,3-18,21-23,25,27-29,31,33-39,45H2,1-2H3,(H,48,49)(H,50,51)/b20-19-,26-24-,32-30-. The first-order chi connectivity index (χ1) is 27.1. The molecule has 0 aromatic carbocycles. The van der Waals surface area contributed by atoms with Crippen molar-refractivity contribution in [3.63, 3.8) is 0 Å². The summed E-state index contributed by atoms with van der Waals surface area (Å²) in [5, 5.41) is 8.88. The predicted molar refractivity (Wildman–Crippen MR) is 226 cm³/mol. The molecule has 0 spiro atoms. The second-order valence-corrected chi connectivity index (χ2v) is 16.3. The number of unbranched alkanes of at least 4 members (excludes halogenated alkanes) is 21. The smallest absolute Gasteiger partial charge is 0.472 e.